The van der Waals surface area contributed by atoms with E-state index in [0.29, 0.717) is 26.9 Å². The van der Waals surface area contributed by atoms with Crippen molar-refractivity contribution < 1.29 is 14.0 Å². The molecule has 0 saturated carbocycles. The van der Waals surface area contributed by atoms with E-state index in [-0.39, 0.29) is 11.7 Å². The number of piperidine rings is 1. The Morgan fingerprint density at radius 3 is 2.43 bits per heavy atom. The molecule has 0 unspecified atom stereocenters. The molecule has 1 fully saturated rings. The summed E-state index contributed by atoms with van der Waals surface area (Å²) in [5.41, 5.74) is 1.34. The normalized spacial score (nSPS) is 14.3. The largest absolute Gasteiger partial charge is 0.451 e. The van der Waals surface area contributed by atoms with Gasteiger partial charge in [0.25, 0.3) is 11.8 Å². The molecule has 2 amide bonds. The SMILES string of the molecule is O=C(Nc1cc(Cl)ccc1C(=O)N1CCCCC1)c1cc2cc(Cl)ccc2o1. The van der Waals surface area contributed by atoms with E-state index in [4.69, 9.17) is 27.6 Å². The van der Waals surface area contributed by atoms with Gasteiger partial charge in [0.05, 0.1) is 11.3 Å². The van der Waals surface area contributed by atoms with Crippen molar-refractivity contribution in [1.29, 1.82) is 0 Å². The van der Waals surface area contributed by atoms with Crippen LogP contribution in [0.2, 0.25) is 10.0 Å². The fraction of sp³-hybridized carbons (Fsp3) is 0.238. The zero-order valence-electron chi connectivity index (χ0n) is 15.0. The van der Waals surface area contributed by atoms with E-state index < -0.39 is 5.91 Å². The predicted octanol–water partition coefficient (Wildman–Crippen LogP) is 5.62. The van der Waals surface area contributed by atoms with E-state index in [1.165, 1.54) is 0 Å². The van der Waals surface area contributed by atoms with Gasteiger partial charge < -0.3 is 14.6 Å². The summed E-state index contributed by atoms with van der Waals surface area (Å²) in [5, 5.41) is 4.49. The average Bonchev–Trinajstić information content (AvgIpc) is 3.12. The Hall–Kier alpha value is -2.50. The Balaban J connectivity index is 1.61. The monoisotopic (exact) mass is 416 g/mol. The van der Waals surface area contributed by atoms with E-state index in [0.717, 1.165) is 37.7 Å². The number of rotatable bonds is 3. The van der Waals surface area contributed by atoms with Gasteiger partial charge in [-0.2, -0.15) is 0 Å². The molecule has 1 aromatic heterocycles. The van der Waals surface area contributed by atoms with E-state index in [1.54, 1.807) is 42.5 Å². The minimum atomic E-state index is -0.456. The number of halogens is 2. The molecule has 1 saturated heterocycles. The number of likely N-dealkylation sites (tertiary alicyclic amines) is 1. The first kappa shape index (κ1) is 18.8. The topological polar surface area (TPSA) is 62.6 Å². The Morgan fingerprint density at radius 1 is 0.929 bits per heavy atom. The molecule has 2 heterocycles. The maximum Gasteiger partial charge on any atom is 0.291 e. The highest BCUT2D eigenvalue weighted by Gasteiger charge is 2.23. The molecule has 1 N–H and O–H groups in total. The average molecular weight is 417 g/mol. The lowest BCUT2D eigenvalue weighted by atomic mass is 10.1. The quantitative estimate of drug-likeness (QED) is 0.602. The highest BCUT2D eigenvalue weighted by Crippen LogP contribution is 2.27. The number of nitrogens with one attached hydrogen (secondary N) is 1. The van der Waals surface area contributed by atoms with Crippen LogP contribution in [0.3, 0.4) is 0 Å². The van der Waals surface area contributed by atoms with Gasteiger partial charge in [-0.25, -0.2) is 0 Å². The number of nitrogens with zero attached hydrogens (tertiary/aromatic N) is 1. The van der Waals surface area contributed by atoms with Crippen LogP contribution in [0.4, 0.5) is 5.69 Å². The summed E-state index contributed by atoms with van der Waals surface area (Å²) in [6.07, 6.45) is 3.11. The maximum absolute atomic E-state index is 12.9. The number of furan rings is 1. The van der Waals surface area contributed by atoms with Gasteiger partial charge in [0.15, 0.2) is 5.76 Å². The standard InChI is InChI=1S/C21H18Cl2N2O3/c22-14-5-7-18-13(10-14)11-19(28-18)20(26)24-17-12-15(23)4-6-16(17)21(27)25-8-2-1-3-9-25/h4-7,10-12H,1-3,8-9H2,(H,24,26). The summed E-state index contributed by atoms with van der Waals surface area (Å²) in [4.78, 5) is 27.5. The van der Waals surface area contributed by atoms with Gasteiger partial charge in [0.1, 0.15) is 5.58 Å². The van der Waals surface area contributed by atoms with Gasteiger partial charge in [-0.15, -0.1) is 0 Å². The molecular formula is C21H18Cl2N2O3. The van der Waals surface area contributed by atoms with Crippen LogP contribution < -0.4 is 5.32 Å². The van der Waals surface area contributed by atoms with Gasteiger partial charge in [0.2, 0.25) is 0 Å². The van der Waals surface area contributed by atoms with Crippen molar-refractivity contribution >= 4 is 51.7 Å². The minimum Gasteiger partial charge on any atom is -0.451 e. The molecule has 28 heavy (non-hydrogen) atoms. The highest BCUT2D eigenvalue weighted by atomic mass is 35.5. The third-order valence-corrected chi connectivity index (χ3v) is 5.28. The second-order valence-corrected chi connectivity index (χ2v) is 7.66. The van der Waals surface area contributed by atoms with Crippen LogP contribution in [0, 0.1) is 0 Å². The number of hydrogen-bond acceptors (Lipinski definition) is 3. The summed E-state index contributed by atoms with van der Waals surface area (Å²) < 4.78 is 5.60. The molecular weight excluding hydrogens is 399 g/mol. The first-order valence-corrected chi connectivity index (χ1v) is 9.86. The van der Waals surface area contributed by atoms with Crippen LogP contribution in [-0.4, -0.2) is 29.8 Å². The summed E-state index contributed by atoms with van der Waals surface area (Å²) in [6, 6.07) is 11.6. The second-order valence-electron chi connectivity index (χ2n) is 6.79. The third-order valence-electron chi connectivity index (χ3n) is 4.81. The van der Waals surface area contributed by atoms with Gasteiger partial charge in [-0.3, -0.25) is 9.59 Å². The molecule has 4 rings (SSSR count). The van der Waals surface area contributed by atoms with Gasteiger partial charge in [-0.05, 0) is 61.7 Å². The number of fused-ring (bicyclic) bond motifs is 1. The van der Waals surface area contributed by atoms with E-state index >= 15 is 0 Å². The van der Waals surface area contributed by atoms with Crippen molar-refractivity contribution in [2.24, 2.45) is 0 Å². The summed E-state index contributed by atoms with van der Waals surface area (Å²) >= 11 is 12.1. The van der Waals surface area contributed by atoms with Crippen molar-refractivity contribution in [3.05, 3.63) is 63.8 Å². The Morgan fingerprint density at radius 2 is 1.64 bits per heavy atom. The number of amides is 2. The van der Waals surface area contributed by atoms with E-state index in [1.807, 2.05) is 4.90 Å². The van der Waals surface area contributed by atoms with Crippen molar-refractivity contribution in [1.82, 2.24) is 4.90 Å². The first-order chi connectivity index (χ1) is 13.5. The minimum absolute atomic E-state index is 0.108. The Kier molecular flexibility index (Phi) is 5.29. The lowest BCUT2D eigenvalue weighted by Crippen LogP contribution is -2.36. The molecule has 0 radical (unpaired) electrons. The molecule has 1 aliphatic rings. The number of benzene rings is 2. The maximum atomic E-state index is 12.9. The van der Waals surface area contributed by atoms with Crippen molar-refractivity contribution in [2.75, 3.05) is 18.4 Å². The van der Waals surface area contributed by atoms with Crippen LogP contribution >= 0.6 is 23.2 Å². The molecule has 0 spiro atoms. The molecule has 0 atom stereocenters. The number of carbonyl (C=O) groups is 2. The first-order valence-electron chi connectivity index (χ1n) is 9.10. The molecule has 3 aromatic rings. The molecule has 0 bridgehead atoms. The third kappa shape index (κ3) is 3.86. The lowest BCUT2D eigenvalue weighted by molar-refractivity contribution is 0.0725. The number of carbonyl (C=O) groups excluding carboxylic acids is 2. The van der Waals surface area contributed by atoms with E-state index in [2.05, 4.69) is 5.32 Å². The summed E-state index contributed by atoms with van der Waals surface area (Å²) in [5.74, 6) is -0.432. The van der Waals surface area contributed by atoms with Crippen molar-refractivity contribution in [3.63, 3.8) is 0 Å². The fourth-order valence-electron chi connectivity index (χ4n) is 3.38. The molecule has 2 aromatic carbocycles. The highest BCUT2D eigenvalue weighted by molar-refractivity contribution is 6.31. The van der Waals surface area contributed by atoms with Crippen LogP contribution in [0.1, 0.15) is 40.2 Å². The smallest absolute Gasteiger partial charge is 0.291 e. The predicted molar refractivity (Wildman–Crippen MR) is 110 cm³/mol. The van der Waals surface area contributed by atoms with Crippen LogP contribution in [0.5, 0.6) is 0 Å². The molecule has 7 heteroatoms. The van der Waals surface area contributed by atoms with Crippen LogP contribution in [0.25, 0.3) is 11.0 Å². The van der Waals surface area contributed by atoms with Crippen molar-refractivity contribution in [2.45, 2.75) is 19.3 Å². The van der Waals surface area contributed by atoms with Gasteiger partial charge in [-0.1, -0.05) is 23.2 Å². The Labute approximate surface area is 172 Å². The fourth-order valence-corrected chi connectivity index (χ4v) is 3.74. The zero-order valence-corrected chi connectivity index (χ0v) is 16.5. The molecule has 144 valence electrons. The van der Waals surface area contributed by atoms with Crippen molar-refractivity contribution in [3.8, 4) is 0 Å². The number of anilines is 1. The van der Waals surface area contributed by atoms with Crippen LogP contribution in [-0.2, 0) is 0 Å². The van der Waals surface area contributed by atoms with E-state index in [9.17, 15) is 9.59 Å². The zero-order chi connectivity index (χ0) is 19.7. The number of hydrogen-bond donors (Lipinski definition) is 1. The lowest BCUT2D eigenvalue weighted by Gasteiger charge is -2.27. The molecule has 1 aliphatic heterocycles. The van der Waals surface area contributed by atoms with Gasteiger partial charge in [0, 0.05) is 28.5 Å². The summed E-state index contributed by atoms with van der Waals surface area (Å²) in [6.45, 7) is 1.44. The molecule has 0 aliphatic carbocycles. The Bertz CT molecular complexity index is 1050. The van der Waals surface area contributed by atoms with Gasteiger partial charge >= 0.3 is 0 Å². The van der Waals surface area contributed by atoms with Crippen LogP contribution in [0.15, 0.2) is 46.9 Å². The second kappa shape index (κ2) is 7.86. The molecule has 5 nitrogen and oxygen atoms in total. The summed E-state index contributed by atoms with van der Waals surface area (Å²) in [7, 11) is 0.